The van der Waals surface area contributed by atoms with Crippen molar-refractivity contribution in [1.29, 1.82) is 0 Å². The quantitative estimate of drug-likeness (QED) is 0.160. The smallest absolute Gasteiger partial charge is 0.269 e. The number of aryl methyl sites for hydroxylation is 1. The highest BCUT2D eigenvalue weighted by Crippen LogP contribution is 2.47. The molecule has 5 aromatic rings. The van der Waals surface area contributed by atoms with Crippen molar-refractivity contribution in [3.8, 4) is 5.75 Å². The van der Waals surface area contributed by atoms with Crippen LogP contribution < -0.4 is 14.5 Å². The third-order valence-electron chi connectivity index (χ3n) is 9.38. The number of aliphatic hydroxyl groups excluding tert-OH is 1. The highest BCUT2D eigenvalue weighted by Gasteiger charge is 2.52. The number of hydrogen-bond acceptors (Lipinski definition) is 7. The van der Waals surface area contributed by atoms with E-state index in [-0.39, 0.29) is 31.6 Å². The zero-order valence-corrected chi connectivity index (χ0v) is 28.1. The van der Waals surface area contributed by atoms with Crippen LogP contribution in [0.1, 0.15) is 41.6 Å². The molecule has 3 atom stereocenters. The zero-order valence-electron chi connectivity index (χ0n) is 27.4. The van der Waals surface area contributed by atoms with E-state index in [1.807, 2.05) is 104 Å². The molecule has 0 saturated carbocycles. The number of fused-ring (bicyclic) bond motifs is 2. The van der Waals surface area contributed by atoms with Crippen molar-refractivity contribution < 1.29 is 24.5 Å². The van der Waals surface area contributed by atoms with Crippen molar-refractivity contribution >= 4 is 40.5 Å². The van der Waals surface area contributed by atoms with E-state index in [0.29, 0.717) is 52.1 Å². The summed E-state index contributed by atoms with van der Waals surface area (Å²) in [6.07, 6.45) is 6.19. The van der Waals surface area contributed by atoms with Gasteiger partial charge in [0.25, 0.3) is 11.8 Å². The van der Waals surface area contributed by atoms with Crippen LogP contribution in [0.4, 0.5) is 17.1 Å². The predicted octanol–water partition coefficient (Wildman–Crippen LogP) is 6.13. The number of carbonyl (C=O) groups is 2. The van der Waals surface area contributed by atoms with Gasteiger partial charge in [0.2, 0.25) is 0 Å². The van der Waals surface area contributed by atoms with Crippen LogP contribution in [-0.2, 0) is 28.3 Å². The summed E-state index contributed by atoms with van der Waals surface area (Å²) in [5.41, 5.74) is 3.06. The second-order valence-corrected chi connectivity index (χ2v) is 13.0. The molecule has 2 amide bonds. The van der Waals surface area contributed by atoms with E-state index in [0.717, 1.165) is 11.1 Å². The van der Waals surface area contributed by atoms with Gasteiger partial charge >= 0.3 is 0 Å². The summed E-state index contributed by atoms with van der Waals surface area (Å²) in [6, 6.07) is 29.7. The first-order chi connectivity index (χ1) is 24.3. The number of hydrogen-bond donors (Lipinski definition) is 2. The number of anilines is 3. The molecular weight excluding hydrogens is 654 g/mol. The Labute approximate surface area is 294 Å². The Morgan fingerprint density at radius 1 is 0.980 bits per heavy atom. The molecule has 11 heteroatoms. The maximum atomic E-state index is 14.1. The molecule has 254 valence electrons. The predicted molar refractivity (Wildman–Crippen MR) is 190 cm³/mol. The van der Waals surface area contributed by atoms with Crippen LogP contribution >= 0.6 is 11.6 Å². The maximum absolute atomic E-state index is 14.1. The Morgan fingerprint density at radius 3 is 2.52 bits per heavy atom. The molecule has 0 spiro atoms. The summed E-state index contributed by atoms with van der Waals surface area (Å²) in [4.78, 5) is 30.1. The van der Waals surface area contributed by atoms with Gasteiger partial charge in [-0.2, -0.15) is 0 Å². The van der Waals surface area contributed by atoms with Crippen molar-refractivity contribution in [3.63, 3.8) is 0 Å². The van der Waals surface area contributed by atoms with Crippen LogP contribution in [0.5, 0.6) is 5.75 Å². The summed E-state index contributed by atoms with van der Waals surface area (Å²) < 4.78 is 7.31. The van der Waals surface area contributed by atoms with Crippen LogP contribution in [0.2, 0.25) is 5.02 Å². The van der Waals surface area contributed by atoms with Gasteiger partial charge in [0, 0.05) is 34.9 Å². The third-order valence-corrected chi connectivity index (χ3v) is 9.61. The number of aromatic nitrogens is 3. The Bertz CT molecular complexity index is 2050. The monoisotopic (exact) mass is 689 g/mol. The van der Waals surface area contributed by atoms with E-state index >= 15 is 0 Å². The van der Waals surface area contributed by atoms with Crippen molar-refractivity contribution in [1.82, 2.24) is 15.0 Å². The molecular formula is C39H36ClN5O5. The Balaban J connectivity index is 1.05. The van der Waals surface area contributed by atoms with Gasteiger partial charge in [-0.1, -0.05) is 90.5 Å². The molecule has 50 heavy (non-hydrogen) atoms. The fourth-order valence-electron chi connectivity index (χ4n) is 6.68. The number of para-hydroxylation sites is 2. The molecule has 0 aliphatic carbocycles. The molecule has 3 heterocycles. The Hall–Kier alpha value is -5.29. The highest BCUT2D eigenvalue weighted by atomic mass is 35.5. The van der Waals surface area contributed by atoms with Crippen LogP contribution in [0, 0.1) is 5.92 Å². The SMILES string of the molecule is C[C@@H](/C=C/CCn1cc(C(CO)c2ccccc2)nn1)[C@]1(O)C(=O)N(Cc2ccc(N3C(=O)COc4ccccc43)cc2)c2ccc(Cl)cc21. The number of halogens is 1. The molecule has 1 unspecified atom stereocenters. The van der Waals surface area contributed by atoms with Gasteiger partial charge in [0.1, 0.15) is 5.75 Å². The Morgan fingerprint density at radius 2 is 1.74 bits per heavy atom. The first kappa shape index (κ1) is 33.2. The average molecular weight is 690 g/mol. The summed E-state index contributed by atoms with van der Waals surface area (Å²) in [5, 5.41) is 31.0. The maximum Gasteiger partial charge on any atom is 0.269 e. The number of carbonyl (C=O) groups excluding carboxylic acids is 2. The standard InChI is InChI=1S/C39H36ClN5O5/c1-26(9-7-8-20-43-23-33(41-42-43)31(24-46)28-10-3-2-4-11-28)39(49)32-21-29(40)16-19-34(32)44(38(39)48)22-27-14-17-30(18-15-27)45-35-12-5-6-13-36(35)50-25-37(45)47/h2-7,9-19,21,23,26,31,46,49H,8,20,22,24-25H2,1H3/b9-7+/t26-,31?,39+/m0/s1. The van der Waals surface area contributed by atoms with Gasteiger partial charge in [-0.25, -0.2) is 0 Å². The van der Waals surface area contributed by atoms with E-state index in [1.165, 1.54) is 0 Å². The zero-order chi connectivity index (χ0) is 34.8. The summed E-state index contributed by atoms with van der Waals surface area (Å²) >= 11 is 6.39. The lowest BCUT2D eigenvalue weighted by Gasteiger charge is -2.29. The van der Waals surface area contributed by atoms with Crippen molar-refractivity contribution in [2.45, 2.75) is 38.0 Å². The first-order valence-corrected chi connectivity index (χ1v) is 16.9. The van der Waals surface area contributed by atoms with Crippen molar-refractivity contribution in [3.05, 3.63) is 143 Å². The minimum Gasteiger partial charge on any atom is -0.482 e. The molecule has 2 aliphatic heterocycles. The van der Waals surface area contributed by atoms with E-state index in [1.54, 1.807) is 32.7 Å². The van der Waals surface area contributed by atoms with Gasteiger partial charge in [-0.15, -0.1) is 5.10 Å². The van der Waals surface area contributed by atoms with Gasteiger partial charge in [-0.3, -0.25) is 19.2 Å². The van der Waals surface area contributed by atoms with Crippen LogP contribution in [0.15, 0.2) is 115 Å². The average Bonchev–Trinajstić information content (AvgIpc) is 3.68. The molecule has 0 radical (unpaired) electrons. The molecule has 0 bridgehead atoms. The van der Waals surface area contributed by atoms with E-state index in [9.17, 15) is 19.8 Å². The third kappa shape index (κ3) is 6.17. The summed E-state index contributed by atoms with van der Waals surface area (Å²) in [6.45, 7) is 2.43. The number of aliphatic hydroxyl groups is 2. The lowest BCUT2D eigenvalue weighted by atomic mass is 9.83. The molecule has 10 nitrogen and oxygen atoms in total. The summed E-state index contributed by atoms with van der Waals surface area (Å²) in [7, 11) is 0. The number of nitrogens with zero attached hydrogens (tertiary/aromatic N) is 5. The highest BCUT2D eigenvalue weighted by molar-refractivity contribution is 6.31. The second-order valence-electron chi connectivity index (χ2n) is 12.5. The largest absolute Gasteiger partial charge is 0.482 e. The lowest BCUT2D eigenvalue weighted by molar-refractivity contribution is -0.139. The minimum atomic E-state index is -1.83. The van der Waals surface area contributed by atoms with E-state index in [2.05, 4.69) is 10.3 Å². The van der Waals surface area contributed by atoms with Crippen molar-refractivity contribution in [2.24, 2.45) is 5.92 Å². The fourth-order valence-corrected chi connectivity index (χ4v) is 6.85. The molecule has 1 aromatic heterocycles. The number of amides is 2. The van der Waals surface area contributed by atoms with Crippen LogP contribution in [-0.4, -0.2) is 50.2 Å². The topological polar surface area (TPSA) is 121 Å². The minimum absolute atomic E-state index is 0.0488. The number of rotatable bonds is 11. The molecule has 2 N–H and O–H groups in total. The Kier molecular flexibility index (Phi) is 9.24. The lowest BCUT2D eigenvalue weighted by Crippen LogP contribution is -2.44. The second kappa shape index (κ2) is 13.9. The van der Waals surface area contributed by atoms with Gasteiger partial charge in [0.15, 0.2) is 12.2 Å². The van der Waals surface area contributed by atoms with Gasteiger partial charge in [0.05, 0.1) is 36.1 Å². The normalized spacial score (nSPS) is 18.2. The van der Waals surface area contributed by atoms with E-state index < -0.39 is 17.4 Å². The van der Waals surface area contributed by atoms with Crippen LogP contribution in [0.3, 0.4) is 0 Å². The molecule has 7 rings (SSSR count). The van der Waals surface area contributed by atoms with Crippen LogP contribution in [0.25, 0.3) is 0 Å². The van der Waals surface area contributed by atoms with Crippen molar-refractivity contribution in [2.75, 3.05) is 23.0 Å². The first-order valence-electron chi connectivity index (χ1n) is 16.5. The van der Waals surface area contributed by atoms with E-state index in [4.69, 9.17) is 16.3 Å². The van der Waals surface area contributed by atoms with Gasteiger partial charge < -0.3 is 19.8 Å². The molecule has 0 saturated heterocycles. The fraction of sp³-hybridized carbons (Fsp3) is 0.231. The molecule has 2 aliphatic rings. The van der Waals surface area contributed by atoms with Gasteiger partial charge in [-0.05, 0) is 60.0 Å². The molecule has 4 aromatic carbocycles. The summed E-state index contributed by atoms with van der Waals surface area (Å²) in [5.74, 6) is -0.810. The number of ether oxygens (including phenoxy) is 1. The number of benzene rings is 4. The number of allylic oxidation sites excluding steroid dienone is 1. The molecule has 0 fully saturated rings.